The summed E-state index contributed by atoms with van der Waals surface area (Å²) >= 11 is 0. The molecule has 6 nitrogen and oxygen atoms in total. The van der Waals surface area contributed by atoms with Crippen molar-refractivity contribution in [1.29, 1.82) is 0 Å². The summed E-state index contributed by atoms with van der Waals surface area (Å²) in [5, 5.41) is 23.1. The van der Waals surface area contributed by atoms with Crippen LogP contribution < -0.4 is 0 Å². The number of aliphatic hydroxyl groups is 2. The van der Waals surface area contributed by atoms with Crippen molar-refractivity contribution in [1.82, 2.24) is 0 Å². The van der Waals surface area contributed by atoms with Crippen LogP contribution in [0.25, 0.3) is 0 Å². The van der Waals surface area contributed by atoms with E-state index in [1.54, 1.807) is 0 Å². The van der Waals surface area contributed by atoms with Gasteiger partial charge in [-0.25, -0.2) is 0 Å². The van der Waals surface area contributed by atoms with E-state index < -0.39 is 29.2 Å². The van der Waals surface area contributed by atoms with Crippen LogP contribution in [-0.4, -0.2) is 58.9 Å². The molecule has 0 unspecified atom stereocenters. The maximum absolute atomic E-state index is 12.0. The Morgan fingerprint density at radius 2 is 1.38 bits per heavy atom. The molecule has 0 aromatic carbocycles. The number of allylic oxidation sites excluding steroid dienone is 1. The van der Waals surface area contributed by atoms with Crippen LogP contribution in [0.1, 0.15) is 115 Å². The molecule has 0 aromatic heterocycles. The zero-order valence-electron chi connectivity index (χ0n) is 28.2. The van der Waals surface area contributed by atoms with Crippen molar-refractivity contribution >= 4 is 0 Å². The van der Waals surface area contributed by atoms with Gasteiger partial charge in [0, 0.05) is 5.41 Å². The first-order valence-corrected chi connectivity index (χ1v) is 16.9. The lowest BCUT2D eigenvalue weighted by Gasteiger charge is -2.74. The summed E-state index contributed by atoms with van der Waals surface area (Å²) in [5.41, 5.74) is 0.461. The van der Waals surface area contributed by atoms with E-state index >= 15 is 0 Å². The second-order valence-electron chi connectivity index (χ2n) is 18.5. The van der Waals surface area contributed by atoms with Crippen molar-refractivity contribution < 1.29 is 29.2 Å². The second-order valence-corrected chi connectivity index (χ2v) is 18.5. The van der Waals surface area contributed by atoms with Gasteiger partial charge in [0.2, 0.25) is 0 Å². The van der Waals surface area contributed by atoms with E-state index in [0.717, 1.165) is 38.5 Å². The highest BCUT2D eigenvalue weighted by Crippen LogP contribution is 2.77. The van der Waals surface area contributed by atoms with Gasteiger partial charge in [-0.05, 0) is 106 Å². The molecule has 0 amide bonds. The fourth-order valence-corrected chi connectivity index (χ4v) is 12.6. The normalized spacial score (nSPS) is 56.5. The van der Waals surface area contributed by atoms with Crippen molar-refractivity contribution in [3.8, 4) is 0 Å². The molecule has 7 aliphatic rings. The molecule has 7 rings (SSSR count). The third-order valence-corrected chi connectivity index (χ3v) is 15.0. The van der Waals surface area contributed by atoms with Gasteiger partial charge < -0.3 is 29.2 Å². The Kier molecular flexibility index (Phi) is 6.07. The first-order valence-electron chi connectivity index (χ1n) is 16.9. The first-order chi connectivity index (χ1) is 19.2. The molecule has 5 aliphatic carbocycles. The molecule has 12 atom stereocenters. The molecule has 2 aliphatic heterocycles. The maximum Gasteiger partial charge on any atom is 0.163 e. The largest absolute Gasteiger partial charge is 0.393 e. The maximum atomic E-state index is 12.0. The van der Waals surface area contributed by atoms with Crippen molar-refractivity contribution in [2.24, 2.45) is 50.2 Å². The fraction of sp³-hybridized carbons (Fsp3) is 0.944. The molecule has 42 heavy (non-hydrogen) atoms. The SMILES string of the molecule is CC1(C)OC[C@@]23[C@@H]4OC(C)(C)O[C@@H]4[C@]4(C)C(=CC[C@@H]5[C@@]6(C)CC[C@H](O)C(C)(C)[C@@H]6CC[C@]54C)[C@@H]2CC(C)(C)[C@@H](O)[C@@H]3O1. The third-order valence-electron chi connectivity index (χ3n) is 15.0. The monoisotopic (exact) mass is 586 g/mol. The number of aliphatic hydroxyl groups excluding tert-OH is 2. The minimum atomic E-state index is -0.774. The quantitative estimate of drug-likeness (QED) is 0.311. The molecule has 1 spiro atoms. The van der Waals surface area contributed by atoms with Gasteiger partial charge in [0.05, 0.1) is 42.5 Å². The second kappa shape index (κ2) is 8.45. The summed E-state index contributed by atoms with van der Waals surface area (Å²) in [7, 11) is 0. The van der Waals surface area contributed by atoms with Crippen LogP contribution in [0.2, 0.25) is 0 Å². The summed E-state index contributed by atoms with van der Waals surface area (Å²) in [6, 6.07) is 0. The molecular weight excluding hydrogens is 528 g/mol. The number of fused-ring (bicyclic) bond motifs is 8. The van der Waals surface area contributed by atoms with Gasteiger partial charge in [-0.1, -0.05) is 60.1 Å². The topological polar surface area (TPSA) is 77.4 Å². The summed E-state index contributed by atoms with van der Waals surface area (Å²) in [5.74, 6) is -0.382. The van der Waals surface area contributed by atoms with Crippen LogP contribution in [0.3, 0.4) is 0 Å². The van der Waals surface area contributed by atoms with Crippen molar-refractivity contribution in [3.63, 3.8) is 0 Å². The van der Waals surface area contributed by atoms with Gasteiger partial charge in [0.1, 0.15) is 0 Å². The molecular formula is C36H58O6. The standard InChI is InChI=1S/C36H58O6/c1-29(2)18-21-20-12-13-23-33(9)16-15-24(37)30(3,4)22(33)14-17-34(23,10)35(20,11)27-28(42-32(7,8)41-27)36(21)19-39-31(5,6)40-26(36)25(29)38/h12,21-28,37-38H,13-19H2,1-11H3/t21-,22-,23+,24-,25-,26-,27-,28+,33-,34+,35-,36+/m0/s1. The average Bonchev–Trinajstić information content (AvgIpc) is 3.21. The zero-order chi connectivity index (χ0) is 30.7. The number of ether oxygens (including phenoxy) is 4. The molecule has 6 fully saturated rings. The van der Waals surface area contributed by atoms with Gasteiger partial charge in [-0.3, -0.25) is 0 Å². The van der Waals surface area contributed by atoms with Gasteiger partial charge >= 0.3 is 0 Å². The Bertz CT molecular complexity index is 1190. The van der Waals surface area contributed by atoms with Crippen molar-refractivity contribution in [2.45, 2.75) is 157 Å². The number of hydrogen-bond donors (Lipinski definition) is 2. The van der Waals surface area contributed by atoms with Gasteiger partial charge in [-0.15, -0.1) is 0 Å². The minimum Gasteiger partial charge on any atom is -0.393 e. The molecule has 0 aromatic rings. The van der Waals surface area contributed by atoms with E-state index in [4.69, 9.17) is 18.9 Å². The molecule has 6 heteroatoms. The van der Waals surface area contributed by atoms with Crippen LogP contribution in [0.5, 0.6) is 0 Å². The first kappa shape index (κ1) is 30.2. The lowest BCUT2D eigenvalue weighted by atomic mass is 9.32. The molecule has 4 saturated carbocycles. The molecule has 0 bridgehead atoms. The highest BCUT2D eigenvalue weighted by Gasteiger charge is 2.79. The minimum absolute atomic E-state index is 0.000364. The number of hydrogen-bond acceptors (Lipinski definition) is 6. The van der Waals surface area contributed by atoms with Crippen molar-refractivity contribution in [2.75, 3.05) is 6.61 Å². The molecule has 238 valence electrons. The predicted molar refractivity (Wildman–Crippen MR) is 161 cm³/mol. The van der Waals surface area contributed by atoms with Gasteiger partial charge in [0.15, 0.2) is 11.6 Å². The van der Waals surface area contributed by atoms with Gasteiger partial charge in [0.25, 0.3) is 0 Å². The Balaban J connectivity index is 1.42. The summed E-state index contributed by atoms with van der Waals surface area (Å²) in [4.78, 5) is 0. The van der Waals surface area contributed by atoms with E-state index in [0.29, 0.717) is 18.4 Å². The van der Waals surface area contributed by atoms with E-state index in [-0.39, 0.29) is 51.3 Å². The summed E-state index contributed by atoms with van der Waals surface area (Å²) < 4.78 is 27.4. The van der Waals surface area contributed by atoms with E-state index in [9.17, 15) is 10.2 Å². The van der Waals surface area contributed by atoms with Gasteiger partial charge in [-0.2, -0.15) is 0 Å². The van der Waals surface area contributed by atoms with Crippen LogP contribution >= 0.6 is 0 Å². The predicted octanol–water partition coefficient (Wildman–Crippen LogP) is 6.62. The average molecular weight is 587 g/mol. The van der Waals surface area contributed by atoms with Crippen LogP contribution in [0.15, 0.2) is 11.6 Å². The Hall–Kier alpha value is -0.500. The van der Waals surface area contributed by atoms with Crippen LogP contribution in [-0.2, 0) is 18.9 Å². The van der Waals surface area contributed by atoms with E-state index in [1.807, 2.05) is 13.8 Å². The van der Waals surface area contributed by atoms with E-state index in [2.05, 4.69) is 68.4 Å². The summed E-state index contributed by atoms with van der Waals surface area (Å²) in [6.07, 6.45) is 7.02. The van der Waals surface area contributed by atoms with Crippen LogP contribution in [0.4, 0.5) is 0 Å². The number of rotatable bonds is 0. The van der Waals surface area contributed by atoms with Crippen molar-refractivity contribution in [3.05, 3.63) is 11.6 Å². The Morgan fingerprint density at radius 1 is 0.738 bits per heavy atom. The molecule has 2 N–H and O–H groups in total. The lowest BCUT2D eigenvalue weighted by molar-refractivity contribution is -0.384. The van der Waals surface area contributed by atoms with E-state index in [1.165, 1.54) is 5.57 Å². The highest BCUT2D eigenvalue weighted by molar-refractivity contribution is 5.40. The van der Waals surface area contributed by atoms with Crippen LogP contribution in [0, 0.1) is 50.2 Å². The lowest BCUT2D eigenvalue weighted by Crippen LogP contribution is -2.77. The smallest absolute Gasteiger partial charge is 0.163 e. The fourth-order valence-electron chi connectivity index (χ4n) is 12.6. The summed E-state index contributed by atoms with van der Waals surface area (Å²) in [6.45, 7) is 25.2. The zero-order valence-corrected chi connectivity index (χ0v) is 28.2. The molecule has 2 saturated heterocycles. The Labute approximate surface area is 254 Å². The Morgan fingerprint density at radius 3 is 2.07 bits per heavy atom. The molecule has 0 radical (unpaired) electrons. The highest BCUT2D eigenvalue weighted by atomic mass is 16.8. The molecule has 2 heterocycles. The third kappa shape index (κ3) is 3.44.